The number of anilines is 1. The second-order valence-corrected chi connectivity index (χ2v) is 5.16. The van der Waals surface area contributed by atoms with Crippen LogP contribution in [0.15, 0.2) is 41.3 Å². The molecule has 0 fully saturated rings. The van der Waals surface area contributed by atoms with Crippen LogP contribution < -0.4 is 5.73 Å². The first kappa shape index (κ1) is 13.2. The van der Waals surface area contributed by atoms with Crippen LogP contribution in [-0.4, -0.2) is 0 Å². The molecule has 0 unspecified atom stereocenters. The highest BCUT2D eigenvalue weighted by molar-refractivity contribution is 7.98. The van der Waals surface area contributed by atoms with E-state index in [1.54, 1.807) is 18.2 Å². The maximum atomic E-state index is 13.4. The van der Waals surface area contributed by atoms with Gasteiger partial charge in [-0.25, -0.2) is 8.78 Å². The largest absolute Gasteiger partial charge is 0.398 e. The molecule has 1 nitrogen and oxygen atoms in total. The topological polar surface area (TPSA) is 26.0 Å². The average molecular weight is 286 g/mol. The third-order valence-electron chi connectivity index (χ3n) is 2.37. The third kappa shape index (κ3) is 3.15. The first-order chi connectivity index (χ1) is 8.56. The summed E-state index contributed by atoms with van der Waals surface area (Å²) in [5, 5.41) is 0.561. The highest BCUT2D eigenvalue weighted by atomic mass is 35.5. The minimum absolute atomic E-state index is 0.300. The van der Waals surface area contributed by atoms with Crippen LogP contribution >= 0.6 is 23.4 Å². The van der Waals surface area contributed by atoms with Crippen molar-refractivity contribution in [2.45, 2.75) is 10.6 Å². The Labute approximate surface area is 113 Å². The van der Waals surface area contributed by atoms with Gasteiger partial charge in [-0.05, 0) is 36.4 Å². The quantitative estimate of drug-likeness (QED) is 0.664. The Morgan fingerprint density at radius 1 is 1.11 bits per heavy atom. The van der Waals surface area contributed by atoms with Gasteiger partial charge >= 0.3 is 0 Å². The third-order valence-corrected chi connectivity index (χ3v) is 3.72. The molecule has 18 heavy (non-hydrogen) atoms. The summed E-state index contributed by atoms with van der Waals surface area (Å²) in [7, 11) is 0. The number of hydrogen-bond acceptors (Lipinski definition) is 2. The van der Waals surface area contributed by atoms with Crippen LogP contribution in [0.3, 0.4) is 0 Å². The lowest BCUT2D eigenvalue weighted by atomic mass is 10.2. The van der Waals surface area contributed by atoms with Gasteiger partial charge in [0, 0.05) is 26.9 Å². The van der Waals surface area contributed by atoms with Crippen molar-refractivity contribution in [1.82, 2.24) is 0 Å². The lowest BCUT2D eigenvalue weighted by Crippen LogP contribution is -1.92. The fourth-order valence-electron chi connectivity index (χ4n) is 1.44. The van der Waals surface area contributed by atoms with E-state index in [0.717, 1.165) is 17.0 Å². The minimum Gasteiger partial charge on any atom is -0.398 e. The van der Waals surface area contributed by atoms with Crippen molar-refractivity contribution in [1.29, 1.82) is 0 Å². The molecule has 0 atom stereocenters. The molecule has 0 amide bonds. The number of halogens is 3. The van der Waals surface area contributed by atoms with Crippen LogP contribution in [0, 0.1) is 11.6 Å². The van der Waals surface area contributed by atoms with Crippen molar-refractivity contribution < 1.29 is 8.78 Å². The van der Waals surface area contributed by atoms with E-state index in [4.69, 9.17) is 17.3 Å². The summed E-state index contributed by atoms with van der Waals surface area (Å²) in [6, 6.07) is 8.47. The Morgan fingerprint density at radius 2 is 1.89 bits per heavy atom. The minimum atomic E-state index is -0.453. The van der Waals surface area contributed by atoms with Crippen molar-refractivity contribution in [2.75, 3.05) is 5.73 Å². The number of benzene rings is 2. The van der Waals surface area contributed by atoms with Crippen molar-refractivity contribution in [3.05, 3.63) is 58.6 Å². The van der Waals surface area contributed by atoms with Gasteiger partial charge in [-0.2, -0.15) is 0 Å². The fraction of sp³-hybridized carbons (Fsp3) is 0.0769. The number of thioether (sulfide) groups is 1. The number of nitrogen functional groups attached to an aromatic ring is 1. The Hall–Kier alpha value is -1.26. The monoisotopic (exact) mass is 285 g/mol. The van der Waals surface area contributed by atoms with Gasteiger partial charge in [-0.1, -0.05) is 11.6 Å². The van der Waals surface area contributed by atoms with Crippen LogP contribution in [0.2, 0.25) is 5.02 Å². The summed E-state index contributed by atoms with van der Waals surface area (Å²) in [6.07, 6.45) is 0. The van der Waals surface area contributed by atoms with E-state index >= 15 is 0 Å². The molecule has 2 aromatic rings. The number of nitrogens with two attached hydrogens (primary N) is 1. The van der Waals surface area contributed by atoms with Crippen molar-refractivity contribution in [3.8, 4) is 0 Å². The zero-order valence-corrected chi connectivity index (χ0v) is 10.9. The molecular formula is C13H10ClF2NS. The highest BCUT2D eigenvalue weighted by Gasteiger charge is 2.07. The van der Waals surface area contributed by atoms with Gasteiger partial charge in [0.2, 0.25) is 0 Å². The predicted molar refractivity (Wildman–Crippen MR) is 71.8 cm³/mol. The van der Waals surface area contributed by atoms with Crippen LogP contribution in [0.1, 0.15) is 5.56 Å². The van der Waals surface area contributed by atoms with Crippen molar-refractivity contribution in [3.63, 3.8) is 0 Å². The fourth-order valence-corrected chi connectivity index (χ4v) is 2.66. The standard InChI is InChI=1S/C13H10ClF2NS/c14-9-1-4-12(17)13(6-9)18-7-8-5-10(15)2-3-11(8)16/h1-6H,7,17H2. The van der Waals surface area contributed by atoms with Crippen LogP contribution in [0.5, 0.6) is 0 Å². The number of rotatable bonds is 3. The molecule has 0 saturated carbocycles. The van der Waals surface area contributed by atoms with Gasteiger partial charge in [0.15, 0.2) is 0 Å². The molecule has 0 radical (unpaired) electrons. The summed E-state index contributed by atoms with van der Waals surface area (Å²) in [6.45, 7) is 0. The molecule has 0 aromatic heterocycles. The molecule has 5 heteroatoms. The Morgan fingerprint density at radius 3 is 2.67 bits per heavy atom. The lowest BCUT2D eigenvalue weighted by Gasteiger charge is -2.07. The summed E-state index contributed by atoms with van der Waals surface area (Å²) < 4.78 is 26.4. The van der Waals surface area contributed by atoms with Gasteiger partial charge in [0.1, 0.15) is 11.6 Å². The SMILES string of the molecule is Nc1ccc(Cl)cc1SCc1cc(F)ccc1F. The van der Waals surface area contributed by atoms with Gasteiger partial charge in [0.05, 0.1) is 0 Å². The Kier molecular flexibility index (Phi) is 4.09. The molecule has 0 bridgehead atoms. The van der Waals surface area contributed by atoms with E-state index in [0.29, 0.717) is 22.0 Å². The summed E-state index contributed by atoms with van der Waals surface area (Å²) in [5.41, 5.74) is 6.65. The van der Waals surface area contributed by atoms with Crippen LogP contribution in [0.4, 0.5) is 14.5 Å². The van der Waals surface area contributed by atoms with Gasteiger partial charge in [-0.15, -0.1) is 11.8 Å². The maximum Gasteiger partial charge on any atom is 0.127 e. The Bertz CT molecular complexity index is 523. The van der Waals surface area contributed by atoms with Crippen molar-refractivity contribution >= 4 is 29.1 Å². The van der Waals surface area contributed by atoms with E-state index in [9.17, 15) is 8.78 Å². The first-order valence-corrected chi connectivity index (χ1v) is 6.54. The van der Waals surface area contributed by atoms with E-state index in [1.165, 1.54) is 17.8 Å². The molecule has 0 heterocycles. The zero-order valence-electron chi connectivity index (χ0n) is 9.29. The second-order valence-electron chi connectivity index (χ2n) is 3.71. The van der Waals surface area contributed by atoms with Gasteiger partial charge in [0.25, 0.3) is 0 Å². The predicted octanol–water partition coefficient (Wildman–Crippen LogP) is 4.49. The van der Waals surface area contributed by atoms with E-state index in [-0.39, 0.29) is 0 Å². The van der Waals surface area contributed by atoms with E-state index in [1.807, 2.05) is 0 Å². The first-order valence-electron chi connectivity index (χ1n) is 5.18. The van der Waals surface area contributed by atoms with Crippen LogP contribution in [0.25, 0.3) is 0 Å². The molecule has 2 N–H and O–H groups in total. The highest BCUT2D eigenvalue weighted by Crippen LogP contribution is 2.31. The van der Waals surface area contributed by atoms with Gasteiger partial charge < -0.3 is 5.73 Å². The maximum absolute atomic E-state index is 13.4. The smallest absolute Gasteiger partial charge is 0.127 e. The molecule has 0 spiro atoms. The van der Waals surface area contributed by atoms with Crippen LogP contribution in [-0.2, 0) is 5.75 Å². The molecule has 0 aliphatic heterocycles. The molecule has 2 rings (SSSR count). The molecule has 0 aliphatic rings. The molecule has 94 valence electrons. The number of hydrogen-bond donors (Lipinski definition) is 1. The Balaban J connectivity index is 2.16. The lowest BCUT2D eigenvalue weighted by molar-refractivity contribution is 0.591. The second kappa shape index (κ2) is 5.59. The molecule has 0 saturated heterocycles. The van der Waals surface area contributed by atoms with E-state index < -0.39 is 11.6 Å². The molecule has 0 aliphatic carbocycles. The summed E-state index contributed by atoms with van der Waals surface area (Å²) in [4.78, 5) is 0.756. The van der Waals surface area contributed by atoms with Crippen molar-refractivity contribution in [2.24, 2.45) is 0 Å². The van der Waals surface area contributed by atoms with Gasteiger partial charge in [-0.3, -0.25) is 0 Å². The summed E-state index contributed by atoms with van der Waals surface area (Å²) >= 11 is 7.17. The summed E-state index contributed by atoms with van der Waals surface area (Å²) in [5.74, 6) is -0.579. The molecule has 2 aromatic carbocycles. The van der Waals surface area contributed by atoms with E-state index in [2.05, 4.69) is 0 Å². The average Bonchev–Trinajstić information content (AvgIpc) is 2.34. The zero-order chi connectivity index (χ0) is 13.1. The normalized spacial score (nSPS) is 10.6. The molecular weight excluding hydrogens is 276 g/mol.